The Morgan fingerprint density at radius 2 is 1.84 bits per heavy atom. The molecule has 0 spiro atoms. The van der Waals surface area contributed by atoms with E-state index in [0.717, 1.165) is 33.8 Å². The van der Waals surface area contributed by atoms with Crippen LogP contribution in [0.3, 0.4) is 0 Å². The number of anilines is 2. The zero-order chi connectivity index (χ0) is 21.2. The summed E-state index contributed by atoms with van der Waals surface area (Å²) in [6, 6.07) is 9.62. The molecule has 5 heterocycles. The molecule has 2 amide bonds. The number of aromatic amines is 1. The topological polar surface area (TPSA) is 103 Å². The summed E-state index contributed by atoms with van der Waals surface area (Å²) in [5.41, 5.74) is 4.44. The maximum Gasteiger partial charge on any atom is 0.322 e. The molecule has 0 radical (unpaired) electrons. The highest BCUT2D eigenvalue weighted by molar-refractivity contribution is 5.92. The highest BCUT2D eigenvalue weighted by atomic mass is 16.2. The number of amides is 2. The second-order valence-corrected chi connectivity index (χ2v) is 7.47. The van der Waals surface area contributed by atoms with Crippen LogP contribution in [0.5, 0.6) is 0 Å². The number of urea groups is 1. The number of rotatable bonds is 3. The first-order valence-electron chi connectivity index (χ1n) is 10.1. The molecule has 4 aromatic heterocycles. The number of nitrogens with one attached hydrogen (secondary N) is 2. The smallest absolute Gasteiger partial charge is 0.322 e. The standard InChI is InChI=1S/C22H22N8O/c1-15-2-3-17(13-24-15)27-22(31)30-10-8-29(9-11-30)21-18-12-19(16-4-6-23-7-5-16)28-20(18)25-14-26-21/h2-7,12-14H,8-11H2,1H3,(H,27,31)(H,25,26,28). The summed E-state index contributed by atoms with van der Waals surface area (Å²) in [5, 5.41) is 3.89. The first-order valence-corrected chi connectivity index (χ1v) is 10.1. The third kappa shape index (κ3) is 3.89. The number of fused-ring (bicyclic) bond motifs is 1. The van der Waals surface area contributed by atoms with Crippen LogP contribution < -0.4 is 10.2 Å². The second-order valence-electron chi connectivity index (χ2n) is 7.47. The fourth-order valence-electron chi connectivity index (χ4n) is 3.73. The van der Waals surface area contributed by atoms with Crippen LogP contribution in [0.15, 0.2) is 55.2 Å². The van der Waals surface area contributed by atoms with E-state index in [1.807, 2.05) is 36.1 Å². The Balaban J connectivity index is 1.29. The average molecular weight is 414 g/mol. The summed E-state index contributed by atoms with van der Waals surface area (Å²) in [6.45, 7) is 4.53. The minimum atomic E-state index is -0.111. The van der Waals surface area contributed by atoms with Gasteiger partial charge >= 0.3 is 6.03 Å². The number of aromatic nitrogens is 5. The summed E-state index contributed by atoms with van der Waals surface area (Å²) < 4.78 is 0. The lowest BCUT2D eigenvalue weighted by Gasteiger charge is -2.35. The highest BCUT2D eigenvalue weighted by Gasteiger charge is 2.24. The van der Waals surface area contributed by atoms with E-state index in [4.69, 9.17) is 0 Å². The first-order chi connectivity index (χ1) is 15.2. The SMILES string of the molecule is Cc1ccc(NC(=O)N2CCN(c3ncnc4[nH]c(-c5ccncc5)cc34)CC2)cn1. The van der Waals surface area contributed by atoms with Crippen molar-refractivity contribution in [3.8, 4) is 11.3 Å². The summed E-state index contributed by atoms with van der Waals surface area (Å²) in [5.74, 6) is 0.879. The third-order valence-electron chi connectivity index (χ3n) is 5.42. The number of hydrogen-bond acceptors (Lipinski definition) is 6. The lowest BCUT2D eigenvalue weighted by Crippen LogP contribution is -2.50. The molecule has 4 aromatic rings. The molecule has 0 atom stereocenters. The Hall–Kier alpha value is -4.01. The van der Waals surface area contributed by atoms with Crippen LogP contribution in [0, 0.1) is 6.92 Å². The van der Waals surface area contributed by atoms with Gasteiger partial charge in [0.05, 0.1) is 17.3 Å². The summed E-state index contributed by atoms with van der Waals surface area (Å²) >= 11 is 0. The Kier molecular flexibility index (Phi) is 4.91. The molecule has 1 aliphatic rings. The molecular formula is C22H22N8O. The normalized spacial score (nSPS) is 14.1. The molecule has 1 aliphatic heterocycles. The van der Waals surface area contributed by atoms with Crippen molar-refractivity contribution in [3.63, 3.8) is 0 Å². The van der Waals surface area contributed by atoms with Crippen LogP contribution in [0.1, 0.15) is 5.69 Å². The van der Waals surface area contributed by atoms with Gasteiger partial charge in [-0.05, 0) is 37.3 Å². The van der Waals surface area contributed by atoms with Crippen LogP contribution >= 0.6 is 0 Å². The van der Waals surface area contributed by atoms with Crippen LogP contribution in [0.2, 0.25) is 0 Å². The molecule has 0 aromatic carbocycles. The van der Waals surface area contributed by atoms with Crippen molar-refractivity contribution < 1.29 is 4.79 Å². The third-order valence-corrected chi connectivity index (χ3v) is 5.42. The van der Waals surface area contributed by atoms with Crippen LogP contribution in [-0.4, -0.2) is 62.0 Å². The first kappa shape index (κ1) is 19.0. The fraction of sp³-hybridized carbons (Fsp3) is 0.227. The monoisotopic (exact) mass is 414 g/mol. The molecule has 0 bridgehead atoms. The maximum absolute atomic E-state index is 12.6. The summed E-state index contributed by atoms with van der Waals surface area (Å²) in [4.78, 5) is 37.2. The van der Waals surface area contributed by atoms with Gasteiger partial charge in [0.25, 0.3) is 0 Å². The lowest BCUT2D eigenvalue weighted by atomic mass is 10.2. The van der Waals surface area contributed by atoms with E-state index in [1.165, 1.54) is 0 Å². The predicted octanol–water partition coefficient (Wildman–Crippen LogP) is 3.08. The van der Waals surface area contributed by atoms with E-state index in [-0.39, 0.29) is 6.03 Å². The van der Waals surface area contributed by atoms with Crippen molar-refractivity contribution in [3.05, 3.63) is 60.9 Å². The molecule has 1 saturated heterocycles. The van der Waals surface area contributed by atoms with Crippen molar-refractivity contribution in [1.82, 2.24) is 29.8 Å². The van der Waals surface area contributed by atoms with Gasteiger partial charge in [-0.3, -0.25) is 9.97 Å². The van der Waals surface area contributed by atoms with Gasteiger partial charge in [-0.2, -0.15) is 0 Å². The summed E-state index contributed by atoms with van der Waals surface area (Å²) in [6.07, 6.45) is 6.79. The van der Waals surface area contributed by atoms with Gasteiger partial charge in [0.1, 0.15) is 17.8 Å². The zero-order valence-corrected chi connectivity index (χ0v) is 17.1. The molecule has 2 N–H and O–H groups in total. The molecule has 0 saturated carbocycles. The van der Waals surface area contributed by atoms with Crippen molar-refractivity contribution >= 4 is 28.6 Å². The van der Waals surface area contributed by atoms with Gasteiger partial charge in [-0.15, -0.1) is 0 Å². The van der Waals surface area contributed by atoms with Crippen molar-refractivity contribution in [2.24, 2.45) is 0 Å². The van der Waals surface area contributed by atoms with Gasteiger partial charge in [-0.25, -0.2) is 14.8 Å². The number of piperazine rings is 1. The largest absolute Gasteiger partial charge is 0.352 e. The van der Waals surface area contributed by atoms with Crippen LogP contribution in [0.25, 0.3) is 22.3 Å². The fourth-order valence-corrected chi connectivity index (χ4v) is 3.73. The number of H-pyrrole nitrogens is 1. The molecule has 0 aliphatic carbocycles. The predicted molar refractivity (Wildman–Crippen MR) is 119 cm³/mol. The van der Waals surface area contributed by atoms with Crippen LogP contribution in [-0.2, 0) is 0 Å². The maximum atomic E-state index is 12.6. The van der Waals surface area contributed by atoms with E-state index in [0.29, 0.717) is 31.9 Å². The molecule has 31 heavy (non-hydrogen) atoms. The molecule has 1 fully saturated rings. The van der Waals surface area contributed by atoms with E-state index in [9.17, 15) is 4.79 Å². The van der Waals surface area contributed by atoms with Crippen molar-refractivity contribution in [2.45, 2.75) is 6.92 Å². The quantitative estimate of drug-likeness (QED) is 0.534. The molecule has 5 rings (SSSR count). The van der Waals surface area contributed by atoms with E-state index in [1.54, 1.807) is 24.9 Å². The highest BCUT2D eigenvalue weighted by Crippen LogP contribution is 2.29. The number of hydrogen-bond donors (Lipinski definition) is 2. The summed E-state index contributed by atoms with van der Waals surface area (Å²) in [7, 11) is 0. The van der Waals surface area contributed by atoms with Gasteiger partial charge in [-0.1, -0.05) is 0 Å². The number of aryl methyl sites for hydroxylation is 1. The number of pyridine rings is 2. The number of carbonyl (C=O) groups is 1. The van der Waals surface area contributed by atoms with E-state index >= 15 is 0 Å². The second kappa shape index (κ2) is 8.02. The van der Waals surface area contributed by atoms with Gasteiger partial charge in [0.15, 0.2) is 0 Å². The lowest BCUT2D eigenvalue weighted by molar-refractivity contribution is 0.208. The Labute approximate surface area is 179 Å². The molecule has 0 unspecified atom stereocenters. The average Bonchev–Trinajstić information content (AvgIpc) is 3.26. The van der Waals surface area contributed by atoms with Gasteiger partial charge in [0.2, 0.25) is 0 Å². The number of nitrogens with zero attached hydrogens (tertiary/aromatic N) is 6. The van der Waals surface area contributed by atoms with Gasteiger partial charge in [0, 0.05) is 55.5 Å². The van der Waals surface area contributed by atoms with Gasteiger partial charge < -0.3 is 20.1 Å². The Bertz CT molecular complexity index is 1200. The molecular weight excluding hydrogens is 392 g/mol. The minimum Gasteiger partial charge on any atom is -0.352 e. The van der Waals surface area contributed by atoms with Crippen LogP contribution in [0.4, 0.5) is 16.3 Å². The Morgan fingerprint density at radius 3 is 2.58 bits per heavy atom. The minimum absolute atomic E-state index is 0.111. The van der Waals surface area contributed by atoms with E-state index < -0.39 is 0 Å². The van der Waals surface area contributed by atoms with E-state index in [2.05, 4.69) is 41.2 Å². The zero-order valence-electron chi connectivity index (χ0n) is 17.1. The Morgan fingerprint density at radius 1 is 1.03 bits per heavy atom. The number of carbonyl (C=O) groups excluding carboxylic acids is 1. The molecule has 9 heteroatoms. The molecule has 156 valence electrons. The van der Waals surface area contributed by atoms with Crippen molar-refractivity contribution in [2.75, 3.05) is 36.4 Å². The van der Waals surface area contributed by atoms with Crippen molar-refractivity contribution in [1.29, 1.82) is 0 Å². The molecule has 9 nitrogen and oxygen atoms in total.